The maximum atomic E-state index is 13.1. The fraction of sp³-hybridized carbons (Fsp3) is 0.894. The van der Waals surface area contributed by atoms with E-state index in [0.29, 0.717) is 19.3 Å². The summed E-state index contributed by atoms with van der Waals surface area (Å²) < 4.78 is 47.6. The molecule has 1 heterocycles. The Bertz CT molecular complexity index is 1200. The number of ether oxygens (including phenoxy) is 2. The van der Waals surface area contributed by atoms with E-state index in [0.717, 1.165) is 51.4 Å². The van der Waals surface area contributed by atoms with E-state index < -0.39 is 78.5 Å². The Balaban J connectivity index is 2.47. The quantitative estimate of drug-likeness (QED) is 0.0175. The third-order valence-corrected chi connectivity index (χ3v) is 12.1. The number of hydrogen-bond acceptors (Lipinski definition) is 11. The van der Waals surface area contributed by atoms with Crippen molar-refractivity contribution >= 4 is 16.3 Å². The number of rotatable bonds is 41. The SMILES string of the molecule is CC/C=C\C/C=C\CCCCCCCCCCCCCCCC(O)C(=O)NC(COC1OC(CO)C(O)C(OS(=O)(=O)O)C1O)C(O)CCCCCCCCCCCCCC. The highest BCUT2D eigenvalue weighted by Gasteiger charge is 2.48. The maximum Gasteiger partial charge on any atom is 0.397 e. The number of hydrogen-bond donors (Lipinski definition) is 7. The Morgan fingerprint density at radius 1 is 0.672 bits per heavy atom. The van der Waals surface area contributed by atoms with Gasteiger partial charge in [-0.1, -0.05) is 192 Å². The second-order valence-corrected chi connectivity index (χ2v) is 18.2. The molecule has 0 aromatic rings. The average Bonchev–Trinajstić information content (AvgIpc) is 3.23. The number of aliphatic hydroxyl groups excluding tert-OH is 5. The summed E-state index contributed by atoms with van der Waals surface area (Å²) in [6.07, 6.45) is 30.8. The molecule has 1 fully saturated rings. The summed E-state index contributed by atoms with van der Waals surface area (Å²) in [5.74, 6) is -0.670. The molecule has 0 aromatic heterocycles. The number of allylic oxidation sites excluding steroid dienone is 4. The zero-order valence-electron chi connectivity index (χ0n) is 38.1. The lowest BCUT2D eigenvalue weighted by Gasteiger charge is -2.41. The molecule has 1 amide bonds. The van der Waals surface area contributed by atoms with Crippen LogP contribution in [0.25, 0.3) is 0 Å². The van der Waals surface area contributed by atoms with Gasteiger partial charge in [-0.05, 0) is 38.5 Å². The summed E-state index contributed by atoms with van der Waals surface area (Å²) in [5, 5.41) is 55.4. The van der Waals surface area contributed by atoms with Crippen LogP contribution in [0.15, 0.2) is 24.3 Å². The summed E-state index contributed by atoms with van der Waals surface area (Å²) in [7, 11) is -5.11. The van der Waals surface area contributed by atoms with Crippen molar-refractivity contribution in [3.8, 4) is 0 Å². The molecule has 0 aromatic carbocycles. The minimum atomic E-state index is -5.11. The predicted octanol–water partition coefficient (Wildman–Crippen LogP) is 8.69. The van der Waals surface area contributed by atoms with Gasteiger partial charge in [0.05, 0.1) is 25.4 Å². The zero-order chi connectivity index (χ0) is 45.0. The monoisotopic (exact) mass is 892 g/mol. The highest BCUT2D eigenvalue weighted by Crippen LogP contribution is 2.26. The van der Waals surface area contributed by atoms with Crippen LogP contribution in [0, 0.1) is 0 Å². The molecular weight excluding hydrogens is 803 g/mol. The Kier molecular flexibility index (Phi) is 35.7. The number of nitrogens with one attached hydrogen (secondary N) is 1. The molecule has 0 aliphatic carbocycles. The molecule has 0 bridgehead atoms. The molecule has 1 saturated heterocycles. The number of amides is 1. The molecule has 8 unspecified atom stereocenters. The first-order valence-corrected chi connectivity index (χ1v) is 25.7. The van der Waals surface area contributed by atoms with Gasteiger partial charge in [-0.3, -0.25) is 9.35 Å². The molecule has 0 saturated carbocycles. The van der Waals surface area contributed by atoms with Crippen LogP contribution in [-0.4, -0.2) is 107 Å². The molecule has 1 rings (SSSR count). The Morgan fingerprint density at radius 2 is 1.15 bits per heavy atom. The fourth-order valence-corrected chi connectivity index (χ4v) is 8.31. The molecule has 8 atom stereocenters. The van der Waals surface area contributed by atoms with Crippen molar-refractivity contribution in [2.45, 2.75) is 255 Å². The molecule has 0 spiro atoms. The van der Waals surface area contributed by atoms with Crippen molar-refractivity contribution in [1.82, 2.24) is 5.32 Å². The lowest BCUT2D eigenvalue weighted by Crippen LogP contribution is -2.61. The molecule has 1 aliphatic heterocycles. The topological polar surface area (TPSA) is 212 Å². The van der Waals surface area contributed by atoms with Gasteiger partial charge < -0.3 is 40.3 Å². The van der Waals surface area contributed by atoms with E-state index in [4.69, 9.17) is 9.47 Å². The summed E-state index contributed by atoms with van der Waals surface area (Å²) in [4.78, 5) is 13.1. The van der Waals surface area contributed by atoms with Crippen LogP contribution in [0.5, 0.6) is 0 Å². The average molecular weight is 892 g/mol. The van der Waals surface area contributed by atoms with Gasteiger partial charge in [0.25, 0.3) is 0 Å². The van der Waals surface area contributed by atoms with E-state index >= 15 is 0 Å². The number of aliphatic hydroxyl groups is 5. The first-order chi connectivity index (χ1) is 29.4. The Morgan fingerprint density at radius 3 is 1.64 bits per heavy atom. The van der Waals surface area contributed by atoms with Crippen molar-refractivity contribution < 1.29 is 57.0 Å². The van der Waals surface area contributed by atoms with Crippen LogP contribution in [0.1, 0.15) is 206 Å². The predicted molar refractivity (Wildman–Crippen MR) is 242 cm³/mol. The van der Waals surface area contributed by atoms with Gasteiger partial charge in [-0.2, -0.15) is 8.42 Å². The van der Waals surface area contributed by atoms with Gasteiger partial charge in [-0.15, -0.1) is 0 Å². The van der Waals surface area contributed by atoms with Crippen molar-refractivity contribution in [3.05, 3.63) is 24.3 Å². The summed E-state index contributed by atoms with van der Waals surface area (Å²) in [5.41, 5.74) is 0. The first kappa shape index (κ1) is 57.6. The van der Waals surface area contributed by atoms with Gasteiger partial charge in [0.2, 0.25) is 5.91 Å². The van der Waals surface area contributed by atoms with Crippen molar-refractivity contribution in [3.63, 3.8) is 0 Å². The van der Waals surface area contributed by atoms with Crippen LogP contribution in [0.2, 0.25) is 0 Å². The van der Waals surface area contributed by atoms with Gasteiger partial charge in [0.1, 0.15) is 30.5 Å². The van der Waals surface area contributed by atoms with Crippen molar-refractivity contribution in [2.24, 2.45) is 0 Å². The second-order valence-electron chi connectivity index (χ2n) is 17.2. The van der Waals surface area contributed by atoms with Gasteiger partial charge >= 0.3 is 10.4 Å². The first-order valence-electron chi connectivity index (χ1n) is 24.3. The van der Waals surface area contributed by atoms with E-state index in [1.165, 1.54) is 116 Å². The van der Waals surface area contributed by atoms with Gasteiger partial charge in [-0.25, -0.2) is 4.18 Å². The molecule has 7 N–H and O–H groups in total. The van der Waals surface area contributed by atoms with Crippen LogP contribution in [0.4, 0.5) is 0 Å². The minimum absolute atomic E-state index is 0.260. The lowest BCUT2D eigenvalue weighted by molar-refractivity contribution is -0.298. The van der Waals surface area contributed by atoms with Crippen LogP contribution in [0.3, 0.4) is 0 Å². The van der Waals surface area contributed by atoms with E-state index in [1.54, 1.807) is 0 Å². The molecule has 0 radical (unpaired) electrons. The van der Waals surface area contributed by atoms with Gasteiger partial charge in [0, 0.05) is 0 Å². The van der Waals surface area contributed by atoms with E-state index in [2.05, 4.69) is 47.7 Å². The van der Waals surface area contributed by atoms with E-state index in [1.807, 2.05) is 0 Å². The van der Waals surface area contributed by atoms with Crippen LogP contribution in [-0.2, 0) is 28.9 Å². The fourth-order valence-electron chi connectivity index (χ4n) is 7.80. The third-order valence-electron chi connectivity index (χ3n) is 11.6. The smallest absolute Gasteiger partial charge is 0.394 e. The Labute approximate surface area is 370 Å². The molecule has 61 heavy (non-hydrogen) atoms. The summed E-state index contributed by atoms with van der Waals surface area (Å²) >= 11 is 0. The van der Waals surface area contributed by atoms with Crippen molar-refractivity contribution in [2.75, 3.05) is 13.2 Å². The van der Waals surface area contributed by atoms with Crippen molar-refractivity contribution in [1.29, 1.82) is 0 Å². The maximum absolute atomic E-state index is 13.1. The molecule has 360 valence electrons. The summed E-state index contributed by atoms with van der Waals surface area (Å²) in [6.45, 7) is 3.17. The number of carbonyl (C=O) groups excluding carboxylic acids is 1. The Hall–Kier alpha value is -1.46. The molecule has 13 nitrogen and oxygen atoms in total. The van der Waals surface area contributed by atoms with Crippen LogP contribution < -0.4 is 5.32 Å². The molecular formula is C47H89NO12S. The highest BCUT2D eigenvalue weighted by atomic mass is 32.3. The summed E-state index contributed by atoms with van der Waals surface area (Å²) in [6, 6.07) is -1.03. The second kappa shape index (κ2) is 37.9. The normalized spacial score (nSPS) is 21.3. The minimum Gasteiger partial charge on any atom is -0.394 e. The van der Waals surface area contributed by atoms with Gasteiger partial charge in [0.15, 0.2) is 6.29 Å². The van der Waals surface area contributed by atoms with Crippen LogP contribution >= 0.6 is 0 Å². The lowest BCUT2D eigenvalue weighted by atomic mass is 9.99. The number of unbranched alkanes of at least 4 members (excludes halogenated alkanes) is 24. The number of carbonyl (C=O) groups is 1. The molecule has 14 heteroatoms. The molecule has 1 aliphatic rings. The van der Waals surface area contributed by atoms with E-state index in [9.17, 15) is 43.3 Å². The standard InChI is InChI=1S/C47H89NO12S/c1-3-5-7-9-11-13-15-17-18-19-20-21-22-23-24-26-28-30-32-34-36-41(51)46(54)48-39(40(50)35-33-31-29-27-25-16-14-12-10-8-6-4-2)38-58-47-44(53)45(60-61(55,56)57)43(52)42(37-49)59-47/h5,7,11,13,39-45,47,49-53H,3-4,6,8-10,12,14-38H2,1-2H3,(H,48,54)(H,55,56,57)/b7-5-,13-11-. The largest absolute Gasteiger partial charge is 0.397 e. The third kappa shape index (κ3) is 30.3. The zero-order valence-corrected chi connectivity index (χ0v) is 38.9. The van der Waals surface area contributed by atoms with E-state index in [-0.39, 0.29) is 6.42 Å². The highest BCUT2D eigenvalue weighted by molar-refractivity contribution is 7.80.